The van der Waals surface area contributed by atoms with Gasteiger partial charge in [0.05, 0.1) is 30.3 Å². The molecule has 3 rings (SSSR count). The maximum absolute atomic E-state index is 13.1. The molecular weight excluding hydrogens is 418 g/mol. The Morgan fingerprint density at radius 3 is 2.42 bits per heavy atom. The lowest BCUT2D eigenvalue weighted by Gasteiger charge is -2.28. The van der Waals surface area contributed by atoms with Crippen molar-refractivity contribution < 1.29 is 22.7 Å². The molecule has 1 N–H and O–H groups in total. The minimum absolute atomic E-state index is 0.145. The van der Waals surface area contributed by atoms with Crippen LogP contribution in [0.25, 0.3) is 0 Å². The summed E-state index contributed by atoms with van der Waals surface area (Å²) in [6, 6.07) is 12.2. The Morgan fingerprint density at radius 1 is 1.10 bits per heavy atom. The zero-order valence-corrected chi connectivity index (χ0v) is 18.7. The Labute approximate surface area is 182 Å². The van der Waals surface area contributed by atoms with E-state index >= 15 is 0 Å². The second-order valence-corrected chi connectivity index (χ2v) is 9.33. The molecule has 9 heteroatoms. The predicted octanol–water partition coefficient (Wildman–Crippen LogP) is 2.72. The molecule has 31 heavy (non-hydrogen) atoms. The number of hydrogen-bond acceptors (Lipinski definition) is 5. The minimum Gasteiger partial charge on any atom is -0.497 e. The molecule has 0 aromatic heterocycles. The van der Waals surface area contributed by atoms with Crippen LogP contribution in [-0.2, 0) is 14.8 Å². The largest absolute Gasteiger partial charge is 0.497 e. The van der Waals surface area contributed by atoms with Crippen molar-refractivity contribution >= 4 is 33.2 Å². The van der Waals surface area contributed by atoms with Crippen molar-refractivity contribution in [2.75, 3.05) is 36.1 Å². The highest BCUT2D eigenvalue weighted by Gasteiger charge is 2.30. The van der Waals surface area contributed by atoms with Gasteiger partial charge in [-0.3, -0.25) is 13.9 Å². The van der Waals surface area contributed by atoms with Gasteiger partial charge in [0.2, 0.25) is 15.9 Å². The number of anilines is 2. The Kier molecular flexibility index (Phi) is 6.84. The van der Waals surface area contributed by atoms with E-state index in [2.05, 4.69) is 5.32 Å². The van der Waals surface area contributed by atoms with E-state index < -0.39 is 22.0 Å². The zero-order valence-electron chi connectivity index (χ0n) is 17.9. The number of benzene rings is 2. The summed E-state index contributed by atoms with van der Waals surface area (Å²) in [5.74, 6) is -0.218. The molecule has 1 fully saturated rings. The van der Waals surface area contributed by atoms with Crippen molar-refractivity contribution in [3.05, 3.63) is 54.1 Å². The second-order valence-electron chi connectivity index (χ2n) is 7.47. The van der Waals surface area contributed by atoms with Gasteiger partial charge in [0, 0.05) is 19.2 Å². The summed E-state index contributed by atoms with van der Waals surface area (Å²) in [6.45, 7) is 2.88. The summed E-state index contributed by atoms with van der Waals surface area (Å²) >= 11 is 0. The van der Waals surface area contributed by atoms with Gasteiger partial charge in [-0.25, -0.2) is 8.42 Å². The molecule has 2 aromatic carbocycles. The second kappa shape index (κ2) is 9.38. The van der Waals surface area contributed by atoms with E-state index in [4.69, 9.17) is 4.74 Å². The summed E-state index contributed by atoms with van der Waals surface area (Å²) in [5, 5.41) is 2.74. The molecule has 166 valence electrons. The summed E-state index contributed by atoms with van der Waals surface area (Å²) in [6.07, 6.45) is 2.96. The average molecular weight is 446 g/mol. The summed E-state index contributed by atoms with van der Waals surface area (Å²) in [4.78, 5) is 27.7. The fraction of sp³-hybridized carbons (Fsp3) is 0.364. The number of para-hydroxylation sites is 1. The molecule has 2 aromatic rings. The van der Waals surface area contributed by atoms with Crippen molar-refractivity contribution in [2.45, 2.75) is 25.8 Å². The number of rotatable bonds is 7. The average Bonchev–Trinajstić information content (AvgIpc) is 3.28. The first-order chi connectivity index (χ1) is 14.7. The molecule has 0 aliphatic carbocycles. The highest BCUT2D eigenvalue weighted by atomic mass is 32.2. The smallest absolute Gasteiger partial charge is 0.255 e. The first-order valence-corrected chi connectivity index (χ1v) is 11.9. The third-order valence-corrected chi connectivity index (χ3v) is 6.45. The van der Waals surface area contributed by atoms with Crippen LogP contribution in [0, 0.1) is 0 Å². The standard InChI is InChI=1S/C22H27N3O5S/c1-16(25(31(3,28)29)17-9-8-10-18(15-17)30-2)21(26)23-20-12-5-4-11-19(20)22(27)24-13-6-7-14-24/h4-5,8-12,15-16H,6-7,13-14H2,1-3H3,(H,23,26)/t16-/m0/s1. The topological polar surface area (TPSA) is 96.0 Å². The number of likely N-dealkylation sites (tertiary alicyclic amines) is 1. The van der Waals surface area contributed by atoms with Gasteiger partial charge in [-0.2, -0.15) is 0 Å². The Balaban J connectivity index is 1.87. The molecule has 0 radical (unpaired) electrons. The lowest BCUT2D eigenvalue weighted by Crippen LogP contribution is -2.45. The van der Waals surface area contributed by atoms with Gasteiger partial charge in [-0.1, -0.05) is 18.2 Å². The Morgan fingerprint density at radius 2 is 1.77 bits per heavy atom. The van der Waals surface area contributed by atoms with Crippen LogP contribution in [0.2, 0.25) is 0 Å². The van der Waals surface area contributed by atoms with Crippen LogP contribution in [0.15, 0.2) is 48.5 Å². The van der Waals surface area contributed by atoms with Gasteiger partial charge in [0.15, 0.2) is 0 Å². The molecule has 2 amide bonds. The molecule has 0 unspecified atom stereocenters. The molecule has 8 nitrogen and oxygen atoms in total. The highest BCUT2D eigenvalue weighted by molar-refractivity contribution is 7.92. The number of methoxy groups -OCH3 is 1. The summed E-state index contributed by atoms with van der Waals surface area (Å²) in [5.41, 5.74) is 1.05. The van der Waals surface area contributed by atoms with Crippen molar-refractivity contribution in [1.82, 2.24) is 4.90 Å². The van der Waals surface area contributed by atoms with Crippen LogP contribution in [0.3, 0.4) is 0 Å². The number of hydrogen-bond donors (Lipinski definition) is 1. The molecular formula is C22H27N3O5S. The van der Waals surface area contributed by atoms with Crippen LogP contribution < -0.4 is 14.4 Å². The maximum atomic E-state index is 13.1. The lowest BCUT2D eigenvalue weighted by molar-refractivity contribution is -0.116. The third kappa shape index (κ3) is 5.16. The predicted molar refractivity (Wildman–Crippen MR) is 120 cm³/mol. The summed E-state index contributed by atoms with van der Waals surface area (Å²) in [7, 11) is -2.30. The number of carbonyl (C=O) groups excluding carboxylic acids is 2. The SMILES string of the molecule is COc1cccc(N([C@@H](C)C(=O)Nc2ccccc2C(=O)N2CCCC2)S(C)(=O)=O)c1. The number of nitrogens with one attached hydrogen (secondary N) is 1. The van der Waals surface area contributed by atoms with E-state index in [1.807, 2.05) is 0 Å². The van der Waals surface area contributed by atoms with Crippen molar-refractivity contribution in [3.8, 4) is 5.75 Å². The van der Waals surface area contributed by atoms with Crippen LogP contribution in [0.1, 0.15) is 30.1 Å². The first kappa shape index (κ1) is 22.6. The molecule has 1 aliphatic rings. The third-order valence-electron chi connectivity index (χ3n) is 5.20. The van der Waals surface area contributed by atoms with E-state index in [0.29, 0.717) is 35.8 Å². The van der Waals surface area contributed by atoms with E-state index in [0.717, 1.165) is 23.4 Å². The minimum atomic E-state index is -3.78. The number of carbonyl (C=O) groups is 2. The molecule has 0 spiro atoms. The highest BCUT2D eigenvalue weighted by Crippen LogP contribution is 2.26. The molecule has 1 heterocycles. The quantitative estimate of drug-likeness (QED) is 0.707. The van der Waals surface area contributed by atoms with Crippen LogP contribution in [0.4, 0.5) is 11.4 Å². The number of sulfonamides is 1. The van der Waals surface area contributed by atoms with Gasteiger partial charge in [0.1, 0.15) is 11.8 Å². The first-order valence-electron chi connectivity index (χ1n) is 10.0. The Bertz CT molecular complexity index is 1060. The van der Waals surface area contributed by atoms with Gasteiger partial charge < -0.3 is 15.0 Å². The number of amides is 2. The molecule has 1 aliphatic heterocycles. The van der Waals surface area contributed by atoms with Crippen molar-refractivity contribution in [2.24, 2.45) is 0 Å². The lowest BCUT2D eigenvalue weighted by atomic mass is 10.1. The van der Waals surface area contributed by atoms with Crippen molar-refractivity contribution in [3.63, 3.8) is 0 Å². The van der Waals surface area contributed by atoms with E-state index in [9.17, 15) is 18.0 Å². The summed E-state index contributed by atoms with van der Waals surface area (Å²) < 4.78 is 31.3. The number of ether oxygens (including phenoxy) is 1. The molecule has 0 saturated carbocycles. The van der Waals surface area contributed by atoms with Crippen LogP contribution >= 0.6 is 0 Å². The molecule has 1 saturated heterocycles. The van der Waals surface area contributed by atoms with E-state index in [-0.39, 0.29) is 5.91 Å². The van der Waals surface area contributed by atoms with Crippen LogP contribution in [-0.4, -0.2) is 57.6 Å². The van der Waals surface area contributed by atoms with Gasteiger partial charge in [-0.05, 0) is 44.0 Å². The normalized spacial score (nSPS) is 14.7. The zero-order chi connectivity index (χ0) is 22.6. The fourth-order valence-corrected chi connectivity index (χ4v) is 4.83. The fourth-order valence-electron chi connectivity index (χ4n) is 3.66. The monoisotopic (exact) mass is 445 g/mol. The van der Waals surface area contributed by atoms with Gasteiger partial charge >= 0.3 is 0 Å². The van der Waals surface area contributed by atoms with Gasteiger partial charge in [0.25, 0.3) is 5.91 Å². The molecule has 1 atom stereocenters. The maximum Gasteiger partial charge on any atom is 0.255 e. The van der Waals surface area contributed by atoms with Crippen molar-refractivity contribution in [1.29, 1.82) is 0 Å². The number of nitrogens with zero attached hydrogens (tertiary/aromatic N) is 2. The molecule has 0 bridgehead atoms. The van der Waals surface area contributed by atoms with Crippen LogP contribution in [0.5, 0.6) is 5.75 Å². The van der Waals surface area contributed by atoms with E-state index in [1.54, 1.807) is 53.4 Å². The van der Waals surface area contributed by atoms with Gasteiger partial charge in [-0.15, -0.1) is 0 Å². The van der Waals surface area contributed by atoms with E-state index in [1.165, 1.54) is 14.0 Å². The Hall–Kier alpha value is -3.07.